The van der Waals surface area contributed by atoms with E-state index in [9.17, 15) is 10.1 Å². The van der Waals surface area contributed by atoms with Crippen LogP contribution in [0.2, 0.25) is 0 Å². The zero-order chi connectivity index (χ0) is 22.9. The van der Waals surface area contributed by atoms with Crippen molar-refractivity contribution in [2.24, 2.45) is 0 Å². The van der Waals surface area contributed by atoms with E-state index in [-0.39, 0.29) is 5.57 Å². The van der Waals surface area contributed by atoms with Crippen molar-refractivity contribution in [2.75, 3.05) is 19.5 Å². The molecule has 1 amide bonds. The average Bonchev–Trinajstić information content (AvgIpc) is 2.82. The summed E-state index contributed by atoms with van der Waals surface area (Å²) in [4.78, 5) is 12.6. The summed E-state index contributed by atoms with van der Waals surface area (Å²) in [7, 11) is 3.09. The molecule has 0 fully saturated rings. The number of carbonyl (C=O) groups is 1. The third-order valence-corrected chi connectivity index (χ3v) is 5.29. The number of benzene rings is 3. The fraction of sp³-hybridized carbons (Fsp3) is 0.120. The van der Waals surface area contributed by atoms with Gasteiger partial charge in [-0.25, -0.2) is 0 Å². The topological polar surface area (TPSA) is 80.6 Å². The first kappa shape index (κ1) is 23.2. The second-order valence-electron chi connectivity index (χ2n) is 6.66. The van der Waals surface area contributed by atoms with E-state index in [1.807, 2.05) is 42.5 Å². The average molecular weight is 540 g/mol. The summed E-state index contributed by atoms with van der Waals surface area (Å²) in [6, 6.07) is 22.3. The number of carbonyl (C=O) groups excluding carboxylic acids is 1. The molecule has 0 radical (unpaired) electrons. The Labute approximate surface area is 200 Å². The molecule has 0 spiro atoms. The van der Waals surface area contributed by atoms with Crippen molar-refractivity contribution in [3.05, 3.63) is 87.0 Å². The van der Waals surface area contributed by atoms with E-state index in [2.05, 4.69) is 27.9 Å². The van der Waals surface area contributed by atoms with Crippen LogP contribution in [0, 0.1) is 14.9 Å². The lowest BCUT2D eigenvalue weighted by Gasteiger charge is -2.11. The first-order valence-electron chi connectivity index (χ1n) is 9.65. The number of ether oxygens (including phenoxy) is 3. The van der Waals surface area contributed by atoms with Crippen molar-refractivity contribution in [1.82, 2.24) is 0 Å². The molecule has 7 heteroatoms. The Kier molecular flexibility index (Phi) is 8.11. The van der Waals surface area contributed by atoms with Gasteiger partial charge in [0.2, 0.25) is 0 Å². The third-order valence-electron chi connectivity index (χ3n) is 4.49. The second-order valence-corrected chi connectivity index (χ2v) is 7.82. The minimum atomic E-state index is -0.504. The lowest BCUT2D eigenvalue weighted by atomic mass is 10.1. The molecule has 162 valence electrons. The summed E-state index contributed by atoms with van der Waals surface area (Å²) in [6.45, 7) is 0.456. The molecule has 0 aliphatic heterocycles. The Hall–Kier alpha value is -3.51. The van der Waals surface area contributed by atoms with Gasteiger partial charge in [0.15, 0.2) is 11.5 Å². The molecule has 0 aliphatic carbocycles. The molecule has 1 N–H and O–H groups in total. The molecule has 0 aliphatic rings. The normalized spacial score (nSPS) is 10.8. The van der Waals surface area contributed by atoms with E-state index in [0.717, 1.165) is 9.13 Å². The van der Waals surface area contributed by atoms with Gasteiger partial charge in [0.25, 0.3) is 5.91 Å². The van der Waals surface area contributed by atoms with Gasteiger partial charge in [0, 0.05) is 5.69 Å². The van der Waals surface area contributed by atoms with E-state index in [4.69, 9.17) is 14.2 Å². The van der Waals surface area contributed by atoms with Crippen LogP contribution >= 0.6 is 22.6 Å². The van der Waals surface area contributed by atoms with Crippen LogP contribution in [0.1, 0.15) is 11.1 Å². The minimum Gasteiger partial charge on any atom is -0.493 e. The van der Waals surface area contributed by atoms with Crippen LogP contribution < -0.4 is 19.5 Å². The Bertz CT molecular complexity index is 1150. The molecular formula is C25H21IN2O4. The maximum absolute atomic E-state index is 12.6. The zero-order valence-electron chi connectivity index (χ0n) is 17.6. The Balaban J connectivity index is 1.68. The summed E-state index contributed by atoms with van der Waals surface area (Å²) < 4.78 is 17.2. The highest BCUT2D eigenvalue weighted by Gasteiger charge is 2.13. The first-order valence-corrected chi connectivity index (χ1v) is 10.7. The molecule has 0 heterocycles. The summed E-state index contributed by atoms with van der Waals surface area (Å²) >= 11 is 2.11. The van der Waals surface area contributed by atoms with Crippen molar-refractivity contribution < 1.29 is 19.0 Å². The van der Waals surface area contributed by atoms with Crippen molar-refractivity contribution in [3.8, 4) is 23.3 Å². The third kappa shape index (κ3) is 6.02. The summed E-state index contributed by atoms with van der Waals surface area (Å²) in [6.07, 6.45) is 1.51. The van der Waals surface area contributed by atoms with Crippen LogP contribution in [-0.4, -0.2) is 20.1 Å². The number of methoxy groups -OCH3 is 2. The first-order chi connectivity index (χ1) is 15.5. The lowest BCUT2D eigenvalue weighted by molar-refractivity contribution is -0.112. The van der Waals surface area contributed by atoms with Gasteiger partial charge >= 0.3 is 0 Å². The van der Waals surface area contributed by atoms with Crippen LogP contribution in [0.25, 0.3) is 6.08 Å². The minimum absolute atomic E-state index is 0.0302. The number of hydrogen-bond donors (Lipinski definition) is 1. The molecule has 6 nitrogen and oxygen atoms in total. The molecule has 0 aromatic heterocycles. The van der Waals surface area contributed by atoms with Crippen LogP contribution in [0.4, 0.5) is 5.69 Å². The highest BCUT2D eigenvalue weighted by atomic mass is 127. The number of amides is 1. The van der Waals surface area contributed by atoms with Crippen molar-refractivity contribution in [2.45, 2.75) is 6.61 Å². The zero-order valence-corrected chi connectivity index (χ0v) is 19.8. The fourth-order valence-corrected chi connectivity index (χ4v) is 3.76. The Morgan fingerprint density at radius 2 is 1.78 bits per heavy atom. The maximum Gasteiger partial charge on any atom is 0.266 e. The maximum atomic E-state index is 12.6. The number of nitrogens with one attached hydrogen (secondary N) is 1. The van der Waals surface area contributed by atoms with Gasteiger partial charge in [-0.15, -0.1) is 0 Å². The summed E-state index contributed by atoms with van der Waals surface area (Å²) in [5.41, 5.74) is 2.25. The van der Waals surface area contributed by atoms with Gasteiger partial charge in [0.05, 0.1) is 17.8 Å². The van der Waals surface area contributed by atoms with Gasteiger partial charge in [-0.1, -0.05) is 30.3 Å². The summed E-state index contributed by atoms with van der Waals surface area (Å²) in [5, 5.41) is 12.2. The smallest absolute Gasteiger partial charge is 0.266 e. The lowest BCUT2D eigenvalue weighted by Crippen LogP contribution is -2.13. The predicted octanol–water partition coefficient (Wildman–Crippen LogP) is 5.43. The number of rotatable bonds is 8. The molecule has 0 saturated carbocycles. The van der Waals surface area contributed by atoms with E-state index in [1.54, 1.807) is 37.4 Å². The molecule has 0 unspecified atom stereocenters. The van der Waals surface area contributed by atoms with Gasteiger partial charge in [0.1, 0.15) is 24.0 Å². The Morgan fingerprint density at radius 3 is 2.41 bits per heavy atom. The van der Waals surface area contributed by atoms with E-state index < -0.39 is 5.91 Å². The monoisotopic (exact) mass is 540 g/mol. The molecule has 0 atom stereocenters. The number of hydrogen-bond acceptors (Lipinski definition) is 5. The number of halogens is 1. The fourth-order valence-electron chi connectivity index (χ4n) is 2.91. The Morgan fingerprint density at radius 1 is 1.06 bits per heavy atom. The van der Waals surface area contributed by atoms with Gasteiger partial charge < -0.3 is 19.5 Å². The standard InChI is InChI=1S/C25H21IN2O4/c1-30-23-14-18(13-22(26)24(23)31-2)12-19(15-27)25(29)28-20-8-10-21(11-9-20)32-16-17-6-4-3-5-7-17/h3-14H,16H2,1-2H3,(H,28,29)/b19-12+. The number of anilines is 1. The van der Waals surface area contributed by atoms with Gasteiger partial charge in [-0.05, 0) is 76.2 Å². The highest BCUT2D eigenvalue weighted by molar-refractivity contribution is 14.1. The van der Waals surface area contributed by atoms with E-state index >= 15 is 0 Å². The van der Waals surface area contributed by atoms with Crippen LogP contribution in [0.3, 0.4) is 0 Å². The predicted molar refractivity (Wildman–Crippen MR) is 132 cm³/mol. The molecule has 32 heavy (non-hydrogen) atoms. The van der Waals surface area contributed by atoms with Crippen LogP contribution in [0.5, 0.6) is 17.2 Å². The molecule has 0 bridgehead atoms. The van der Waals surface area contributed by atoms with Crippen molar-refractivity contribution in [3.63, 3.8) is 0 Å². The largest absolute Gasteiger partial charge is 0.493 e. The van der Waals surface area contributed by atoms with Crippen molar-refractivity contribution >= 4 is 40.3 Å². The SMILES string of the molecule is COc1cc(/C=C(\C#N)C(=O)Nc2ccc(OCc3ccccc3)cc2)cc(I)c1OC. The quantitative estimate of drug-likeness (QED) is 0.234. The molecule has 0 saturated heterocycles. The molecule has 3 rings (SSSR count). The molecular weight excluding hydrogens is 519 g/mol. The van der Waals surface area contributed by atoms with E-state index in [0.29, 0.717) is 35.1 Å². The molecule has 3 aromatic carbocycles. The van der Waals surface area contributed by atoms with Crippen molar-refractivity contribution in [1.29, 1.82) is 5.26 Å². The van der Waals surface area contributed by atoms with Gasteiger partial charge in [-0.3, -0.25) is 4.79 Å². The number of nitriles is 1. The van der Waals surface area contributed by atoms with E-state index in [1.165, 1.54) is 13.2 Å². The highest BCUT2D eigenvalue weighted by Crippen LogP contribution is 2.34. The van der Waals surface area contributed by atoms with Gasteiger partial charge in [-0.2, -0.15) is 5.26 Å². The molecule has 3 aromatic rings. The number of nitrogens with zero attached hydrogens (tertiary/aromatic N) is 1. The second kappa shape index (κ2) is 11.2. The van der Waals surface area contributed by atoms with Crippen LogP contribution in [0.15, 0.2) is 72.3 Å². The summed E-state index contributed by atoms with van der Waals surface area (Å²) in [5.74, 6) is 1.30. The van der Waals surface area contributed by atoms with Crippen LogP contribution in [-0.2, 0) is 11.4 Å².